The first kappa shape index (κ1) is 17.6. The van der Waals surface area contributed by atoms with E-state index in [-0.39, 0.29) is 6.54 Å². The summed E-state index contributed by atoms with van der Waals surface area (Å²) in [6.45, 7) is 6.35. The monoisotopic (exact) mass is 293 g/mol. The Morgan fingerprint density at radius 3 is 2.32 bits per heavy atom. The maximum atomic E-state index is 11.2. The molecule has 110 valence electrons. The second kappa shape index (κ2) is 8.63. The normalized spacial score (nSPS) is 10.5. The predicted octanol–water partition coefficient (Wildman–Crippen LogP) is 1.90. The van der Waals surface area contributed by atoms with Gasteiger partial charge in [-0.05, 0) is 32.5 Å². The van der Waals surface area contributed by atoms with Crippen LogP contribution in [0.1, 0.15) is 27.7 Å². The van der Waals surface area contributed by atoms with Crippen molar-refractivity contribution in [3.05, 3.63) is 0 Å². The van der Waals surface area contributed by atoms with Crippen LogP contribution < -0.4 is 5.32 Å². The molecule has 0 rings (SSSR count). The molecule has 8 heteroatoms. The second-order valence-corrected chi connectivity index (χ2v) is 5.46. The highest BCUT2D eigenvalue weighted by molar-refractivity contribution is 8.13. The lowest BCUT2D eigenvalue weighted by molar-refractivity contribution is -0.148. The zero-order valence-corrected chi connectivity index (χ0v) is 12.3. The molecule has 7 nitrogen and oxygen atoms in total. The van der Waals surface area contributed by atoms with E-state index in [4.69, 9.17) is 4.74 Å². The van der Waals surface area contributed by atoms with Gasteiger partial charge in [0.1, 0.15) is 5.60 Å². The summed E-state index contributed by atoms with van der Waals surface area (Å²) in [5.74, 6) is -0.192. The van der Waals surface area contributed by atoms with Gasteiger partial charge in [-0.1, -0.05) is 0 Å². The van der Waals surface area contributed by atoms with E-state index in [1.807, 2.05) is 0 Å². The summed E-state index contributed by atoms with van der Waals surface area (Å²) in [5, 5.41) is 1.92. The molecule has 0 radical (unpaired) electrons. The standard InChI is InChI=1S/C11H19NO6S/c1-8(13)16-7-17-10(15)19-6-5-12-9(14)18-11(2,3)4/h5-7H2,1-4H3,(H,12,14). The van der Waals surface area contributed by atoms with Gasteiger partial charge in [0, 0.05) is 19.2 Å². The van der Waals surface area contributed by atoms with Gasteiger partial charge in [-0.3, -0.25) is 4.79 Å². The Hall–Kier alpha value is -1.44. The molecule has 1 N–H and O–H groups in total. The van der Waals surface area contributed by atoms with Crippen LogP contribution in [0.15, 0.2) is 0 Å². The number of thioether (sulfide) groups is 1. The summed E-state index contributed by atoms with van der Waals surface area (Å²) in [5.41, 5.74) is -0.555. The number of carbonyl (C=O) groups is 3. The van der Waals surface area contributed by atoms with E-state index in [1.54, 1.807) is 20.8 Å². The lowest BCUT2D eigenvalue weighted by Gasteiger charge is -2.19. The van der Waals surface area contributed by atoms with E-state index in [0.717, 1.165) is 11.8 Å². The van der Waals surface area contributed by atoms with Gasteiger partial charge in [0.25, 0.3) is 0 Å². The van der Waals surface area contributed by atoms with Crippen molar-refractivity contribution in [1.29, 1.82) is 0 Å². The summed E-state index contributed by atoms with van der Waals surface area (Å²) in [6, 6.07) is 0. The average Bonchev–Trinajstić information content (AvgIpc) is 2.21. The van der Waals surface area contributed by atoms with Crippen molar-refractivity contribution in [2.45, 2.75) is 33.3 Å². The molecule has 0 bridgehead atoms. The van der Waals surface area contributed by atoms with Crippen LogP contribution in [0.5, 0.6) is 0 Å². The van der Waals surface area contributed by atoms with Gasteiger partial charge in [-0.2, -0.15) is 0 Å². The van der Waals surface area contributed by atoms with Crippen molar-refractivity contribution in [2.24, 2.45) is 0 Å². The molecule has 0 fully saturated rings. The third-order valence-corrected chi connectivity index (χ3v) is 2.19. The molecule has 0 saturated heterocycles. The molecule has 0 saturated carbocycles. The van der Waals surface area contributed by atoms with Gasteiger partial charge >= 0.3 is 17.4 Å². The first-order chi connectivity index (χ1) is 8.70. The van der Waals surface area contributed by atoms with Gasteiger partial charge in [0.05, 0.1) is 0 Å². The Bertz CT molecular complexity index is 326. The van der Waals surface area contributed by atoms with Crippen molar-refractivity contribution < 1.29 is 28.6 Å². The number of hydrogen-bond donors (Lipinski definition) is 1. The first-order valence-electron chi connectivity index (χ1n) is 5.60. The fourth-order valence-electron chi connectivity index (χ4n) is 0.804. The molecular weight excluding hydrogens is 274 g/mol. The van der Waals surface area contributed by atoms with Gasteiger partial charge in [-0.15, -0.1) is 0 Å². The minimum Gasteiger partial charge on any atom is -0.444 e. The van der Waals surface area contributed by atoms with Crippen LogP contribution in [-0.2, 0) is 19.0 Å². The summed E-state index contributed by atoms with van der Waals surface area (Å²) in [7, 11) is 0. The molecule has 0 aromatic heterocycles. The lowest BCUT2D eigenvalue weighted by atomic mass is 10.2. The topological polar surface area (TPSA) is 90.9 Å². The number of esters is 1. The molecule has 19 heavy (non-hydrogen) atoms. The van der Waals surface area contributed by atoms with E-state index >= 15 is 0 Å². The fraction of sp³-hybridized carbons (Fsp3) is 0.727. The highest BCUT2D eigenvalue weighted by atomic mass is 32.2. The highest BCUT2D eigenvalue weighted by Gasteiger charge is 2.15. The molecule has 1 amide bonds. The van der Waals surface area contributed by atoms with Crippen molar-refractivity contribution in [3.8, 4) is 0 Å². The molecular formula is C11H19NO6S. The predicted molar refractivity (Wildman–Crippen MR) is 69.8 cm³/mol. The van der Waals surface area contributed by atoms with Crippen molar-refractivity contribution in [1.82, 2.24) is 5.32 Å². The number of nitrogens with one attached hydrogen (secondary N) is 1. The Balaban J connectivity index is 3.56. The van der Waals surface area contributed by atoms with E-state index in [1.165, 1.54) is 6.92 Å². The molecule has 0 aromatic rings. The molecule has 0 aromatic carbocycles. The van der Waals surface area contributed by atoms with Crippen LogP contribution in [-0.4, -0.2) is 42.1 Å². The third kappa shape index (κ3) is 12.8. The molecule has 0 heterocycles. The van der Waals surface area contributed by atoms with Gasteiger partial charge in [-0.25, -0.2) is 9.59 Å². The number of alkyl carbamates (subject to hydrolysis) is 1. The molecule has 0 aliphatic rings. The Morgan fingerprint density at radius 1 is 1.16 bits per heavy atom. The zero-order valence-electron chi connectivity index (χ0n) is 11.5. The number of ether oxygens (including phenoxy) is 3. The largest absolute Gasteiger partial charge is 0.444 e. The van der Waals surface area contributed by atoms with Gasteiger partial charge < -0.3 is 19.5 Å². The van der Waals surface area contributed by atoms with Crippen molar-refractivity contribution >= 4 is 29.1 Å². The van der Waals surface area contributed by atoms with Gasteiger partial charge in [0.2, 0.25) is 6.79 Å². The summed E-state index contributed by atoms with van der Waals surface area (Å²) < 4.78 is 14.0. The van der Waals surface area contributed by atoms with Crippen LogP contribution in [0.4, 0.5) is 9.59 Å². The Kier molecular flexibility index (Phi) is 7.97. The number of rotatable bonds is 5. The quantitative estimate of drug-likeness (QED) is 0.470. The van der Waals surface area contributed by atoms with Crippen LogP contribution in [0.2, 0.25) is 0 Å². The van der Waals surface area contributed by atoms with E-state index in [9.17, 15) is 14.4 Å². The van der Waals surface area contributed by atoms with E-state index in [0.29, 0.717) is 5.75 Å². The molecule has 0 aliphatic carbocycles. The maximum Gasteiger partial charge on any atom is 0.407 e. The molecule has 0 unspecified atom stereocenters. The molecule has 0 atom stereocenters. The number of carbonyl (C=O) groups excluding carboxylic acids is 3. The summed E-state index contributed by atoms with van der Waals surface area (Å²) >= 11 is 0.865. The van der Waals surface area contributed by atoms with Crippen LogP contribution in [0.3, 0.4) is 0 Å². The average molecular weight is 293 g/mol. The summed E-state index contributed by atoms with van der Waals surface area (Å²) in [6.07, 6.45) is -0.540. The SMILES string of the molecule is CC(=O)OCOC(=O)SCCNC(=O)OC(C)(C)C. The minimum absolute atomic E-state index is 0.266. The van der Waals surface area contributed by atoms with Crippen molar-refractivity contribution in [2.75, 3.05) is 19.1 Å². The zero-order chi connectivity index (χ0) is 14.9. The lowest BCUT2D eigenvalue weighted by Crippen LogP contribution is -2.33. The Labute approximate surface area is 116 Å². The smallest absolute Gasteiger partial charge is 0.407 e. The van der Waals surface area contributed by atoms with Crippen LogP contribution in [0, 0.1) is 0 Å². The Morgan fingerprint density at radius 2 is 1.79 bits per heavy atom. The van der Waals surface area contributed by atoms with Crippen LogP contribution in [0.25, 0.3) is 0 Å². The maximum absolute atomic E-state index is 11.2. The fourth-order valence-corrected chi connectivity index (χ4v) is 1.31. The minimum atomic E-state index is -0.577. The van der Waals surface area contributed by atoms with E-state index in [2.05, 4.69) is 14.8 Å². The molecule has 0 aliphatic heterocycles. The van der Waals surface area contributed by atoms with Crippen molar-refractivity contribution in [3.63, 3.8) is 0 Å². The van der Waals surface area contributed by atoms with Crippen LogP contribution >= 0.6 is 11.8 Å². The molecule has 0 spiro atoms. The first-order valence-corrected chi connectivity index (χ1v) is 6.59. The number of amides is 1. The van der Waals surface area contributed by atoms with E-state index < -0.39 is 29.8 Å². The highest BCUT2D eigenvalue weighted by Crippen LogP contribution is 2.07. The second-order valence-electron chi connectivity index (χ2n) is 4.43. The summed E-state index contributed by atoms with van der Waals surface area (Å²) in [4.78, 5) is 32.7. The number of hydrogen-bond acceptors (Lipinski definition) is 7. The third-order valence-electron chi connectivity index (χ3n) is 1.43. The van der Waals surface area contributed by atoms with Gasteiger partial charge in [0.15, 0.2) is 0 Å².